The molecule has 1 saturated carbocycles. The number of aromatic nitrogens is 2. The Balaban J connectivity index is 1.29. The lowest BCUT2D eigenvalue weighted by Crippen LogP contribution is -2.32. The van der Waals surface area contributed by atoms with Gasteiger partial charge in [-0.3, -0.25) is 4.79 Å². The van der Waals surface area contributed by atoms with Gasteiger partial charge in [0.25, 0.3) is 5.91 Å². The highest BCUT2D eigenvalue weighted by molar-refractivity contribution is 6.30. The maximum atomic E-state index is 13.2. The summed E-state index contributed by atoms with van der Waals surface area (Å²) in [6, 6.07) is 24.1. The summed E-state index contributed by atoms with van der Waals surface area (Å²) in [4.78, 5) is 15.0. The van der Waals surface area contributed by atoms with E-state index < -0.39 is 0 Å². The molecule has 0 radical (unpaired) electrons. The summed E-state index contributed by atoms with van der Waals surface area (Å²) in [7, 11) is 0. The van der Waals surface area contributed by atoms with Gasteiger partial charge in [-0.25, -0.2) is 0 Å². The summed E-state index contributed by atoms with van der Waals surface area (Å²) >= 11 is 5.94. The average molecular weight is 446 g/mol. The zero-order valence-corrected chi connectivity index (χ0v) is 17.9. The van der Waals surface area contributed by atoms with Gasteiger partial charge in [-0.15, -0.1) is 10.2 Å². The minimum absolute atomic E-state index is 0.0648. The highest BCUT2D eigenvalue weighted by Gasteiger charge is 2.34. The van der Waals surface area contributed by atoms with E-state index in [4.69, 9.17) is 20.8 Å². The van der Waals surface area contributed by atoms with Crippen molar-refractivity contribution in [3.05, 3.63) is 95.3 Å². The van der Waals surface area contributed by atoms with Gasteiger partial charge in [0.1, 0.15) is 11.5 Å². The van der Waals surface area contributed by atoms with Gasteiger partial charge >= 0.3 is 0 Å². The van der Waals surface area contributed by atoms with E-state index in [1.54, 1.807) is 41.3 Å². The van der Waals surface area contributed by atoms with Crippen LogP contribution in [0.1, 0.15) is 29.1 Å². The smallest absolute Gasteiger partial charge is 0.254 e. The van der Waals surface area contributed by atoms with Crippen molar-refractivity contribution >= 4 is 17.5 Å². The van der Waals surface area contributed by atoms with Crippen LogP contribution in [0.4, 0.5) is 0 Å². The third kappa shape index (κ3) is 4.65. The van der Waals surface area contributed by atoms with Crippen molar-refractivity contribution in [1.82, 2.24) is 15.1 Å². The summed E-state index contributed by atoms with van der Waals surface area (Å²) in [6.45, 7) is 0.270. The van der Waals surface area contributed by atoms with Crippen LogP contribution in [0.25, 0.3) is 11.5 Å². The molecular weight excluding hydrogens is 426 g/mol. The van der Waals surface area contributed by atoms with Gasteiger partial charge in [0.2, 0.25) is 11.8 Å². The van der Waals surface area contributed by atoms with Gasteiger partial charge in [-0.05, 0) is 73.5 Å². The zero-order valence-electron chi connectivity index (χ0n) is 17.1. The molecule has 7 heteroatoms. The van der Waals surface area contributed by atoms with Crippen LogP contribution < -0.4 is 4.74 Å². The number of nitrogens with zero attached hydrogens (tertiary/aromatic N) is 3. The predicted molar refractivity (Wildman–Crippen MR) is 121 cm³/mol. The molecular formula is C25H20ClN3O3. The molecule has 0 spiro atoms. The number of rotatable bonds is 7. The highest BCUT2D eigenvalue weighted by Crippen LogP contribution is 2.31. The summed E-state index contributed by atoms with van der Waals surface area (Å²) in [5, 5.41) is 8.89. The largest absolute Gasteiger partial charge is 0.457 e. The molecule has 0 saturated heterocycles. The molecule has 1 fully saturated rings. The van der Waals surface area contributed by atoms with E-state index >= 15 is 0 Å². The number of ether oxygens (including phenoxy) is 1. The molecule has 0 aliphatic heterocycles. The van der Waals surface area contributed by atoms with Gasteiger partial charge in [0.15, 0.2) is 0 Å². The highest BCUT2D eigenvalue weighted by atomic mass is 35.5. The summed E-state index contributed by atoms with van der Waals surface area (Å²) in [5.41, 5.74) is 1.38. The first kappa shape index (κ1) is 20.3. The number of hydrogen-bond donors (Lipinski definition) is 0. The van der Waals surface area contributed by atoms with Crippen molar-refractivity contribution in [3.63, 3.8) is 0 Å². The second-order valence-corrected chi connectivity index (χ2v) is 8.05. The Hall–Kier alpha value is -3.64. The fourth-order valence-electron chi connectivity index (χ4n) is 3.38. The molecule has 0 N–H and O–H groups in total. The number of hydrogen-bond acceptors (Lipinski definition) is 5. The maximum absolute atomic E-state index is 13.2. The molecule has 160 valence electrons. The van der Waals surface area contributed by atoms with E-state index in [1.807, 2.05) is 42.5 Å². The van der Waals surface area contributed by atoms with E-state index in [0.29, 0.717) is 28.1 Å². The third-order valence-corrected chi connectivity index (χ3v) is 5.44. The lowest BCUT2D eigenvalue weighted by Gasteiger charge is -2.20. The van der Waals surface area contributed by atoms with E-state index in [2.05, 4.69) is 10.2 Å². The fraction of sp³-hybridized carbons (Fsp3) is 0.160. The molecule has 32 heavy (non-hydrogen) atoms. The number of benzene rings is 3. The summed E-state index contributed by atoms with van der Waals surface area (Å²) in [5.74, 6) is 2.17. The van der Waals surface area contributed by atoms with E-state index in [0.717, 1.165) is 24.2 Å². The fourth-order valence-corrected chi connectivity index (χ4v) is 3.51. The summed E-state index contributed by atoms with van der Waals surface area (Å²) in [6.07, 6.45) is 1.94. The van der Waals surface area contributed by atoms with Crippen molar-refractivity contribution in [3.8, 4) is 23.0 Å². The standard InChI is InChI=1S/C25H20ClN3O3/c26-19-10-6-17(7-11-19)24-28-27-23(32-24)16-29(20-12-13-20)25(30)18-8-14-22(15-9-18)31-21-4-2-1-3-5-21/h1-11,14-15,20H,12-13,16H2. The van der Waals surface area contributed by atoms with Crippen molar-refractivity contribution < 1.29 is 13.9 Å². The predicted octanol–water partition coefficient (Wildman–Crippen LogP) is 5.99. The normalized spacial score (nSPS) is 13.0. The maximum Gasteiger partial charge on any atom is 0.254 e. The Morgan fingerprint density at radius 3 is 2.31 bits per heavy atom. The lowest BCUT2D eigenvalue weighted by molar-refractivity contribution is 0.0714. The Bertz CT molecular complexity index is 1200. The van der Waals surface area contributed by atoms with Crippen LogP contribution in [0.15, 0.2) is 83.3 Å². The minimum Gasteiger partial charge on any atom is -0.457 e. The second kappa shape index (κ2) is 8.85. The van der Waals surface area contributed by atoms with E-state index in [-0.39, 0.29) is 18.5 Å². The molecule has 1 aliphatic carbocycles. The van der Waals surface area contributed by atoms with E-state index in [1.165, 1.54) is 0 Å². The van der Waals surface area contributed by atoms with Gasteiger partial charge in [0.05, 0.1) is 6.54 Å². The molecule has 3 aromatic carbocycles. The van der Waals surface area contributed by atoms with Gasteiger partial charge in [0, 0.05) is 22.2 Å². The van der Waals surface area contributed by atoms with Crippen LogP contribution >= 0.6 is 11.6 Å². The third-order valence-electron chi connectivity index (χ3n) is 5.19. The zero-order chi connectivity index (χ0) is 21.9. The van der Waals surface area contributed by atoms with Crippen molar-refractivity contribution in [1.29, 1.82) is 0 Å². The molecule has 0 unspecified atom stereocenters. The molecule has 4 aromatic rings. The number of halogens is 1. The first-order chi connectivity index (χ1) is 15.7. The molecule has 0 atom stereocenters. The van der Waals surface area contributed by atoms with Crippen LogP contribution in [0.3, 0.4) is 0 Å². The van der Waals surface area contributed by atoms with Crippen LogP contribution in [0, 0.1) is 0 Å². The topological polar surface area (TPSA) is 68.5 Å². The first-order valence-electron chi connectivity index (χ1n) is 10.4. The van der Waals surface area contributed by atoms with Crippen molar-refractivity contribution in [2.45, 2.75) is 25.4 Å². The van der Waals surface area contributed by atoms with Gasteiger partial charge in [-0.1, -0.05) is 29.8 Å². The number of amides is 1. The molecule has 5 rings (SSSR count). The number of carbonyl (C=O) groups is 1. The average Bonchev–Trinajstić information content (AvgIpc) is 3.56. The molecule has 1 heterocycles. The minimum atomic E-state index is -0.0648. The van der Waals surface area contributed by atoms with Gasteiger partial charge < -0.3 is 14.1 Å². The quantitative estimate of drug-likeness (QED) is 0.349. The molecule has 0 bridgehead atoms. The SMILES string of the molecule is O=C(c1ccc(Oc2ccccc2)cc1)N(Cc1nnc(-c2ccc(Cl)cc2)o1)C1CC1. The Labute approximate surface area is 190 Å². The van der Waals surface area contributed by atoms with Crippen molar-refractivity contribution in [2.24, 2.45) is 0 Å². The van der Waals surface area contributed by atoms with Crippen LogP contribution in [0.2, 0.25) is 5.02 Å². The van der Waals surface area contributed by atoms with E-state index in [9.17, 15) is 4.79 Å². The lowest BCUT2D eigenvalue weighted by atomic mass is 10.2. The first-order valence-corrected chi connectivity index (χ1v) is 10.8. The van der Waals surface area contributed by atoms with Crippen LogP contribution in [0.5, 0.6) is 11.5 Å². The molecule has 1 aromatic heterocycles. The Morgan fingerprint density at radius 2 is 1.62 bits per heavy atom. The Kier molecular flexibility index (Phi) is 5.60. The molecule has 1 aliphatic rings. The number of para-hydroxylation sites is 1. The summed E-state index contributed by atoms with van der Waals surface area (Å²) < 4.78 is 11.6. The molecule has 6 nitrogen and oxygen atoms in total. The second-order valence-electron chi connectivity index (χ2n) is 7.61. The van der Waals surface area contributed by atoms with Crippen LogP contribution in [-0.4, -0.2) is 27.0 Å². The van der Waals surface area contributed by atoms with Gasteiger partial charge in [-0.2, -0.15) is 0 Å². The van der Waals surface area contributed by atoms with Crippen LogP contribution in [-0.2, 0) is 6.54 Å². The van der Waals surface area contributed by atoms with Crippen molar-refractivity contribution in [2.75, 3.05) is 0 Å². The number of carbonyl (C=O) groups excluding carboxylic acids is 1. The monoisotopic (exact) mass is 445 g/mol. The molecule has 1 amide bonds. The Morgan fingerprint density at radius 1 is 0.938 bits per heavy atom.